The zero-order chi connectivity index (χ0) is 17.5. The quantitative estimate of drug-likeness (QED) is 0.634. The third-order valence-electron chi connectivity index (χ3n) is 4.40. The molecule has 0 unspecified atom stereocenters. The number of phenols is 1. The molecule has 1 amide bonds. The summed E-state index contributed by atoms with van der Waals surface area (Å²) in [5, 5.41) is 9.95. The number of amides is 1. The van der Waals surface area contributed by atoms with Gasteiger partial charge in [0.15, 0.2) is 0 Å². The normalized spacial score (nSPS) is 14.6. The van der Waals surface area contributed by atoms with E-state index in [4.69, 9.17) is 0 Å². The molecule has 2 aromatic rings. The van der Waals surface area contributed by atoms with E-state index in [1.165, 1.54) is 4.90 Å². The second-order valence-corrected chi connectivity index (χ2v) is 7.29. The number of carbonyl (C=O) groups is 1. The van der Waals surface area contributed by atoms with Gasteiger partial charge in [0, 0.05) is 37.5 Å². The zero-order valence-electron chi connectivity index (χ0n) is 14.3. The van der Waals surface area contributed by atoms with Crippen LogP contribution < -0.4 is 4.90 Å². The lowest BCUT2D eigenvalue weighted by Crippen LogP contribution is -2.48. The number of benzene rings is 2. The van der Waals surface area contributed by atoms with Crippen LogP contribution in [0.5, 0.6) is 5.75 Å². The average molecular weight is 356 g/mol. The van der Waals surface area contributed by atoms with Crippen molar-refractivity contribution in [1.29, 1.82) is 0 Å². The van der Waals surface area contributed by atoms with Gasteiger partial charge in [-0.25, -0.2) is 0 Å². The predicted molar refractivity (Wildman–Crippen MR) is 103 cm³/mol. The molecule has 25 heavy (non-hydrogen) atoms. The Kier molecular flexibility index (Phi) is 6.23. The van der Waals surface area contributed by atoms with E-state index in [-0.39, 0.29) is 5.91 Å². The van der Waals surface area contributed by atoms with Gasteiger partial charge in [0.2, 0.25) is 5.91 Å². The Morgan fingerprint density at radius 3 is 2.36 bits per heavy atom. The Labute approximate surface area is 153 Å². The minimum Gasteiger partial charge on any atom is -0.506 e. The maximum Gasteiger partial charge on any atom is 0.222 e. The van der Waals surface area contributed by atoms with Gasteiger partial charge in [0.05, 0.1) is 5.69 Å². The molecule has 0 atom stereocenters. The van der Waals surface area contributed by atoms with E-state index in [1.807, 2.05) is 41.3 Å². The molecule has 0 spiro atoms. The number of para-hydroxylation sites is 2. The molecule has 0 aliphatic carbocycles. The molecule has 1 aliphatic rings. The number of hydrogen-bond acceptors (Lipinski definition) is 4. The van der Waals surface area contributed by atoms with Crippen molar-refractivity contribution in [3.8, 4) is 5.75 Å². The first kappa shape index (κ1) is 17.7. The van der Waals surface area contributed by atoms with Gasteiger partial charge in [-0.2, -0.15) is 0 Å². The molecule has 1 saturated heterocycles. The number of thioether (sulfide) groups is 1. The fourth-order valence-corrected chi connectivity index (χ4v) is 3.89. The average Bonchev–Trinajstić information content (AvgIpc) is 2.66. The lowest BCUT2D eigenvalue weighted by molar-refractivity contribution is -0.131. The minimum atomic E-state index is 0.241. The van der Waals surface area contributed by atoms with E-state index in [0.29, 0.717) is 12.2 Å². The molecule has 132 valence electrons. The molecule has 1 heterocycles. The van der Waals surface area contributed by atoms with Crippen LogP contribution in [0.1, 0.15) is 12.8 Å². The van der Waals surface area contributed by atoms with Gasteiger partial charge in [0.1, 0.15) is 5.75 Å². The number of piperazine rings is 1. The molecule has 5 heteroatoms. The first-order valence-electron chi connectivity index (χ1n) is 8.72. The number of rotatable bonds is 6. The third-order valence-corrected chi connectivity index (χ3v) is 5.50. The summed E-state index contributed by atoms with van der Waals surface area (Å²) in [6.07, 6.45) is 1.51. The molecule has 0 radical (unpaired) electrons. The van der Waals surface area contributed by atoms with Crippen LogP contribution in [0.25, 0.3) is 0 Å². The van der Waals surface area contributed by atoms with Crippen LogP contribution in [-0.2, 0) is 4.79 Å². The molecular formula is C20H24N2O2S. The number of aromatic hydroxyl groups is 1. The molecule has 3 rings (SSSR count). The second-order valence-electron chi connectivity index (χ2n) is 6.12. The van der Waals surface area contributed by atoms with Crippen molar-refractivity contribution in [2.45, 2.75) is 17.7 Å². The van der Waals surface area contributed by atoms with Crippen LogP contribution in [0.3, 0.4) is 0 Å². The first-order chi connectivity index (χ1) is 12.2. The van der Waals surface area contributed by atoms with Gasteiger partial charge >= 0.3 is 0 Å². The Morgan fingerprint density at radius 1 is 0.960 bits per heavy atom. The van der Waals surface area contributed by atoms with E-state index < -0.39 is 0 Å². The largest absolute Gasteiger partial charge is 0.506 e. The smallest absolute Gasteiger partial charge is 0.222 e. The number of anilines is 1. The molecule has 1 fully saturated rings. The Morgan fingerprint density at radius 2 is 1.64 bits per heavy atom. The minimum absolute atomic E-state index is 0.241. The Hall–Kier alpha value is -2.14. The Bertz CT molecular complexity index is 685. The predicted octanol–water partition coefficient (Wildman–Crippen LogP) is 3.61. The van der Waals surface area contributed by atoms with Crippen molar-refractivity contribution in [1.82, 2.24) is 4.90 Å². The van der Waals surface area contributed by atoms with Gasteiger partial charge in [-0.15, -0.1) is 11.8 Å². The fourth-order valence-electron chi connectivity index (χ4n) is 3.02. The maximum atomic E-state index is 12.4. The van der Waals surface area contributed by atoms with Crippen LogP contribution >= 0.6 is 11.8 Å². The topological polar surface area (TPSA) is 43.8 Å². The summed E-state index contributed by atoms with van der Waals surface area (Å²) in [5.74, 6) is 1.51. The SMILES string of the molecule is O=C(CCCSc1ccccc1)N1CCN(c2ccccc2O)CC1. The van der Waals surface area contributed by atoms with Gasteiger partial charge in [-0.3, -0.25) is 4.79 Å². The molecule has 0 bridgehead atoms. The summed E-state index contributed by atoms with van der Waals surface area (Å²) in [4.78, 5) is 17.7. The fraction of sp³-hybridized carbons (Fsp3) is 0.350. The summed E-state index contributed by atoms with van der Waals surface area (Å²) >= 11 is 1.80. The van der Waals surface area contributed by atoms with Crippen LogP contribution in [0.15, 0.2) is 59.5 Å². The van der Waals surface area contributed by atoms with E-state index in [9.17, 15) is 9.90 Å². The molecule has 2 aromatic carbocycles. The summed E-state index contributed by atoms with van der Waals surface area (Å²) in [7, 11) is 0. The van der Waals surface area contributed by atoms with Crippen LogP contribution in [-0.4, -0.2) is 47.8 Å². The third kappa shape index (κ3) is 4.92. The van der Waals surface area contributed by atoms with Crippen LogP contribution in [0, 0.1) is 0 Å². The maximum absolute atomic E-state index is 12.4. The summed E-state index contributed by atoms with van der Waals surface area (Å²) < 4.78 is 0. The van der Waals surface area contributed by atoms with Crippen molar-refractivity contribution in [2.75, 3.05) is 36.8 Å². The molecular weight excluding hydrogens is 332 g/mol. The van der Waals surface area contributed by atoms with Gasteiger partial charge in [-0.05, 0) is 36.4 Å². The highest BCUT2D eigenvalue weighted by Crippen LogP contribution is 2.27. The van der Waals surface area contributed by atoms with Gasteiger partial charge in [-0.1, -0.05) is 30.3 Å². The molecule has 4 nitrogen and oxygen atoms in total. The molecule has 1 N–H and O–H groups in total. The number of hydrogen-bond donors (Lipinski definition) is 1. The van der Waals surface area contributed by atoms with E-state index >= 15 is 0 Å². The van der Waals surface area contributed by atoms with Crippen molar-refractivity contribution in [2.24, 2.45) is 0 Å². The summed E-state index contributed by atoms with van der Waals surface area (Å²) in [6, 6.07) is 17.7. The highest BCUT2D eigenvalue weighted by molar-refractivity contribution is 7.99. The van der Waals surface area contributed by atoms with E-state index in [1.54, 1.807) is 17.8 Å². The number of carbonyl (C=O) groups excluding carboxylic acids is 1. The van der Waals surface area contributed by atoms with Gasteiger partial charge in [0.25, 0.3) is 0 Å². The number of phenolic OH excluding ortho intramolecular Hbond substituents is 1. The van der Waals surface area contributed by atoms with E-state index in [0.717, 1.165) is 44.0 Å². The van der Waals surface area contributed by atoms with Crippen LogP contribution in [0.2, 0.25) is 0 Å². The van der Waals surface area contributed by atoms with E-state index in [2.05, 4.69) is 17.0 Å². The highest BCUT2D eigenvalue weighted by Gasteiger charge is 2.22. The van der Waals surface area contributed by atoms with Crippen molar-refractivity contribution in [3.05, 3.63) is 54.6 Å². The highest BCUT2D eigenvalue weighted by atomic mass is 32.2. The summed E-state index contributed by atoms with van der Waals surface area (Å²) in [6.45, 7) is 2.97. The van der Waals surface area contributed by atoms with Crippen molar-refractivity contribution in [3.63, 3.8) is 0 Å². The summed E-state index contributed by atoms with van der Waals surface area (Å²) in [5.41, 5.74) is 0.855. The van der Waals surface area contributed by atoms with Crippen LogP contribution in [0.4, 0.5) is 5.69 Å². The standard InChI is InChI=1S/C20H24N2O2S/c23-19-10-5-4-9-18(19)21-12-14-22(15-13-21)20(24)11-6-16-25-17-7-2-1-3-8-17/h1-5,7-10,23H,6,11-16H2. The van der Waals surface area contributed by atoms with Crippen molar-refractivity contribution >= 4 is 23.4 Å². The zero-order valence-corrected chi connectivity index (χ0v) is 15.1. The first-order valence-corrected chi connectivity index (χ1v) is 9.71. The van der Waals surface area contributed by atoms with Crippen molar-refractivity contribution < 1.29 is 9.90 Å². The lowest BCUT2D eigenvalue weighted by atomic mass is 10.2. The molecule has 0 saturated carbocycles. The Balaban J connectivity index is 1.39. The van der Waals surface area contributed by atoms with Gasteiger partial charge < -0.3 is 14.9 Å². The lowest BCUT2D eigenvalue weighted by Gasteiger charge is -2.36. The molecule has 0 aromatic heterocycles. The monoisotopic (exact) mass is 356 g/mol. The second kappa shape index (κ2) is 8.81. The molecule has 1 aliphatic heterocycles. The number of nitrogens with zero attached hydrogens (tertiary/aromatic N) is 2.